The van der Waals surface area contributed by atoms with Crippen LogP contribution >= 0.6 is 0 Å². The summed E-state index contributed by atoms with van der Waals surface area (Å²) in [5.41, 5.74) is 0.227. The molecular weight excluding hydrogens is 300 g/mol. The van der Waals surface area contributed by atoms with E-state index in [-0.39, 0.29) is 10.7 Å². The van der Waals surface area contributed by atoms with Crippen molar-refractivity contribution in [3.05, 3.63) is 22.9 Å². The standard InChI is InChI=1S/C16H22N2O5/c1-15(2,3)10-9(8-19)7-17-12(11(10)16(4,5)6)18(13(20)21)14(22)23/h7-8H,1-6H3,(H,20,21)(H,22,23). The minimum atomic E-state index is -1.64. The fourth-order valence-corrected chi connectivity index (χ4v) is 2.56. The predicted molar refractivity (Wildman–Crippen MR) is 85.6 cm³/mol. The number of aldehydes is 1. The molecule has 0 saturated carbocycles. The van der Waals surface area contributed by atoms with Gasteiger partial charge >= 0.3 is 12.2 Å². The van der Waals surface area contributed by atoms with Gasteiger partial charge in [-0.1, -0.05) is 41.5 Å². The van der Waals surface area contributed by atoms with Crippen LogP contribution in [0.3, 0.4) is 0 Å². The summed E-state index contributed by atoms with van der Waals surface area (Å²) in [7, 11) is 0. The lowest BCUT2D eigenvalue weighted by atomic mass is 9.73. The Bertz CT molecular complexity index is 640. The topological polar surface area (TPSA) is 108 Å². The van der Waals surface area contributed by atoms with Crippen LogP contribution in [0.5, 0.6) is 0 Å². The van der Waals surface area contributed by atoms with Crippen molar-refractivity contribution in [3.8, 4) is 0 Å². The van der Waals surface area contributed by atoms with Crippen LogP contribution in [0.2, 0.25) is 0 Å². The van der Waals surface area contributed by atoms with Gasteiger partial charge in [-0.15, -0.1) is 0 Å². The van der Waals surface area contributed by atoms with E-state index in [1.165, 1.54) is 6.20 Å². The molecule has 0 fully saturated rings. The Labute approximate surface area is 134 Å². The van der Waals surface area contributed by atoms with E-state index in [0.29, 0.717) is 23.0 Å². The van der Waals surface area contributed by atoms with Crippen molar-refractivity contribution in [2.45, 2.75) is 52.4 Å². The average molecular weight is 322 g/mol. The monoisotopic (exact) mass is 322 g/mol. The van der Waals surface area contributed by atoms with E-state index in [1.807, 2.05) is 41.5 Å². The number of hydrogen-bond donors (Lipinski definition) is 2. The van der Waals surface area contributed by atoms with Crippen LogP contribution in [0.15, 0.2) is 6.20 Å². The first-order chi connectivity index (χ1) is 10.3. The molecular formula is C16H22N2O5. The highest BCUT2D eigenvalue weighted by Gasteiger charge is 2.36. The molecule has 0 saturated heterocycles. The van der Waals surface area contributed by atoms with Gasteiger partial charge in [-0.2, -0.15) is 4.90 Å². The summed E-state index contributed by atoms with van der Waals surface area (Å²) in [6.07, 6.45) is -1.42. The minimum Gasteiger partial charge on any atom is -0.464 e. The number of imide groups is 1. The summed E-state index contributed by atoms with van der Waals surface area (Å²) >= 11 is 0. The SMILES string of the molecule is CC(C)(C)c1c(C=O)cnc(N(C(=O)O)C(=O)O)c1C(C)(C)C. The van der Waals surface area contributed by atoms with Gasteiger partial charge in [0.25, 0.3) is 0 Å². The highest BCUT2D eigenvalue weighted by molar-refractivity contribution is 6.08. The van der Waals surface area contributed by atoms with Gasteiger partial charge in [0.1, 0.15) is 0 Å². The Kier molecular flexibility index (Phi) is 4.84. The third-order valence-corrected chi connectivity index (χ3v) is 3.31. The zero-order chi connectivity index (χ0) is 18.2. The number of carbonyl (C=O) groups is 3. The van der Waals surface area contributed by atoms with Crippen LogP contribution in [0.1, 0.15) is 63.0 Å². The Hall–Kier alpha value is -2.44. The lowest BCUT2D eigenvalue weighted by molar-refractivity contribution is 0.112. The highest BCUT2D eigenvalue weighted by Crippen LogP contribution is 2.40. The van der Waals surface area contributed by atoms with Crippen molar-refractivity contribution in [2.75, 3.05) is 4.90 Å². The quantitative estimate of drug-likeness (QED) is 0.805. The molecule has 0 spiro atoms. The fraction of sp³-hybridized carbons (Fsp3) is 0.500. The van der Waals surface area contributed by atoms with Gasteiger partial charge < -0.3 is 10.2 Å². The first-order valence-electron chi connectivity index (χ1n) is 7.07. The number of carbonyl (C=O) groups excluding carboxylic acids is 1. The smallest absolute Gasteiger partial charge is 0.422 e. The van der Waals surface area contributed by atoms with Crippen molar-refractivity contribution in [3.63, 3.8) is 0 Å². The lowest BCUT2D eigenvalue weighted by Gasteiger charge is -2.33. The largest absolute Gasteiger partial charge is 0.464 e. The van der Waals surface area contributed by atoms with Gasteiger partial charge in [0.05, 0.1) is 0 Å². The van der Waals surface area contributed by atoms with Crippen molar-refractivity contribution in [1.29, 1.82) is 0 Å². The van der Waals surface area contributed by atoms with E-state index in [2.05, 4.69) is 4.98 Å². The molecule has 0 unspecified atom stereocenters. The predicted octanol–water partition coefficient (Wildman–Crippen LogP) is 3.65. The fourth-order valence-electron chi connectivity index (χ4n) is 2.56. The van der Waals surface area contributed by atoms with Crippen molar-refractivity contribution >= 4 is 24.3 Å². The van der Waals surface area contributed by atoms with E-state index < -0.39 is 23.0 Å². The van der Waals surface area contributed by atoms with Gasteiger partial charge in [-0.25, -0.2) is 14.6 Å². The van der Waals surface area contributed by atoms with Gasteiger partial charge in [-0.05, 0) is 16.4 Å². The molecule has 126 valence electrons. The zero-order valence-electron chi connectivity index (χ0n) is 14.2. The van der Waals surface area contributed by atoms with Gasteiger partial charge in [-0.3, -0.25) is 4.79 Å². The highest BCUT2D eigenvalue weighted by atomic mass is 16.4. The van der Waals surface area contributed by atoms with Crippen LogP contribution in [0.4, 0.5) is 15.4 Å². The van der Waals surface area contributed by atoms with E-state index in [1.54, 1.807) is 0 Å². The summed E-state index contributed by atoms with van der Waals surface area (Å²) in [6.45, 7) is 11.1. The third-order valence-electron chi connectivity index (χ3n) is 3.31. The average Bonchev–Trinajstić information content (AvgIpc) is 2.34. The molecule has 1 heterocycles. The second kappa shape index (κ2) is 5.98. The maximum absolute atomic E-state index is 11.4. The molecule has 1 aromatic heterocycles. The molecule has 0 aromatic carbocycles. The van der Waals surface area contributed by atoms with Gasteiger partial charge in [0, 0.05) is 17.3 Å². The molecule has 23 heavy (non-hydrogen) atoms. The summed E-state index contributed by atoms with van der Waals surface area (Å²) in [4.78, 5) is 38.3. The Morgan fingerprint density at radius 1 is 1.00 bits per heavy atom. The van der Waals surface area contributed by atoms with Crippen molar-refractivity contribution in [1.82, 2.24) is 4.98 Å². The van der Waals surface area contributed by atoms with Crippen LogP contribution in [0, 0.1) is 0 Å². The van der Waals surface area contributed by atoms with E-state index in [9.17, 15) is 24.6 Å². The molecule has 0 aliphatic rings. The van der Waals surface area contributed by atoms with Crippen molar-refractivity contribution < 1.29 is 24.6 Å². The molecule has 0 atom stereocenters. The molecule has 2 N–H and O–H groups in total. The molecule has 0 aliphatic heterocycles. The zero-order valence-corrected chi connectivity index (χ0v) is 14.2. The van der Waals surface area contributed by atoms with Crippen molar-refractivity contribution in [2.24, 2.45) is 0 Å². The van der Waals surface area contributed by atoms with E-state index >= 15 is 0 Å². The van der Waals surface area contributed by atoms with Crippen LogP contribution < -0.4 is 4.90 Å². The minimum absolute atomic E-state index is 0.185. The summed E-state index contributed by atoms with van der Waals surface area (Å²) in [5.74, 6) is -0.187. The number of anilines is 1. The molecule has 1 rings (SSSR count). The molecule has 7 heteroatoms. The second-order valence-corrected chi connectivity index (χ2v) is 7.31. The Morgan fingerprint density at radius 3 is 1.74 bits per heavy atom. The Morgan fingerprint density at radius 2 is 1.43 bits per heavy atom. The summed E-state index contributed by atoms with van der Waals surface area (Å²) < 4.78 is 0. The molecule has 7 nitrogen and oxygen atoms in total. The lowest BCUT2D eigenvalue weighted by Crippen LogP contribution is -2.38. The molecule has 2 amide bonds. The number of nitrogens with zero attached hydrogens (tertiary/aromatic N) is 2. The molecule has 0 bridgehead atoms. The molecule has 1 aromatic rings. The first-order valence-corrected chi connectivity index (χ1v) is 7.07. The number of amides is 2. The van der Waals surface area contributed by atoms with E-state index in [4.69, 9.17) is 0 Å². The number of pyridine rings is 1. The number of rotatable bonds is 2. The maximum atomic E-state index is 11.4. The van der Waals surface area contributed by atoms with Crippen LogP contribution in [-0.2, 0) is 10.8 Å². The second-order valence-electron chi connectivity index (χ2n) is 7.31. The third kappa shape index (κ3) is 3.67. The Balaban J connectivity index is 3.98. The molecule has 0 aliphatic carbocycles. The maximum Gasteiger partial charge on any atom is 0.422 e. The van der Waals surface area contributed by atoms with Gasteiger partial charge in [0.15, 0.2) is 12.1 Å². The van der Waals surface area contributed by atoms with Crippen LogP contribution in [-0.4, -0.2) is 33.7 Å². The number of aromatic nitrogens is 1. The van der Waals surface area contributed by atoms with Crippen LogP contribution in [0.25, 0.3) is 0 Å². The normalized spacial score (nSPS) is 11.9. The number of hydrogen-bond acceptors (Lipinski definition) is 4. The first kappa shape index (κ1) is 18.6. The summed E-state index contributed by atoms with van der Waals surface area (Å²) in [6, 6.07) is 0. The van der Waals surface area contributed by atoms with E-state index in [0.717, 1.165) is 0 Å². The molecule has 0 radical (unpaired) electrons. The van der Waals surface area contributed by atoms with Gasteiger partial charge in [0.2, 0.25) is 0 Å². The summed E-state index contributed by atoms with van der Waals surface area (Å²) in [5, 5.41) is 18.5. The number of carboxylic acid groups (broad SMARTS) is 2.